The molecule has 1 aliphatic rings. The molecule has 1 saturated carbocycles. The van der Waals surface area contributed by atoms with Crippen molar-refractivity contribution in [3.8, 4) is 0 Å². The van der Waals surface area contributed by atoms with Gasteiger partial charge < -0.3 is 0 Å². The van der Waals surface area contributed by atoms with Crippen LogP contribution in [0.15, 0.2) is 60.7 Å². The fourth-order valence-corrected chi connectivity index (χ4v) is 3.42. The second-order valence-electron chi connectivity index (χ2n) is 6.02. The number of carbonyl (C=O) groups is 2. The minimum absolute atomic E-state index is 0.00457. The van der Waals surface area contributed by atoms with Gasteiger partial charge in [0, 0.05) is 23.5 Å². The lowest BCUT2D eigenvalue weighted by molar-refractivity contribution is 0.0861. The Labute approximate surface area is 131 Å². The van der Waals surface area contributed by atoms with E-state index in [1.807, 2.05) is 60.7 Å². The first kappa shape index (κ1) is 14.7. The molecule has 2 aromatic carbocycles. The third kappa shape index (κ3) is 3.16. The van der Waals surface area contributed by atoms with E-state index in [2.05, 4.69) is 0 Å². The fourth-order valence-electron chi connectivity index (χ4n) is 3.42. The summed E-state index contributed by atoms with van der Waals surface area (Å²) in [5.41, 5.74) is 1.52. The second kappa shape index (κ2) is 6.69. The van der Waals surface area contributed by atoms with E-state index in [9.17, 15) is 9.59 Å². The first-order valence-corrected chi connectivity index (χ1v) is 7.93. The average molecular weight is 292 g/mol. The Hall–Kier alpha value is -2.22. The van der Waals surface area contributed by atoms with Gasteiger partial charge in [-0.1, -0.05) is 67.1 Å². The minimum atomic E-state index is -0.00457. The van der Waals surface area contributed by atoms with Crippen LogP contribution >= 0.6 is 0 Å². The first-order valence-electron chi connectivity index (χ1n) is 7.93. The number of ketones is 2. The van der Waals surface area contributed by atoms with Gasteiger partial charge in [-0.15, -0.1) is 0 Å². The van der Waals surface area contributed by atoms with Gasteiger partial charge in [0.2, 0.25) is 0 Å². The van der Waals surface area contributed by atoms with Crippen LogP contribution in [0.1, 0.15) is 46.4 Å². The highest BCUT2D eigenvalue weighted by Crippen LogP contribution is 2.37. The standard InChI is InChI=1S/C20H20O2/c21-19(15-8-3-1-4-9-15)14-17-12-7-13-18(17)20(22)16-10-5-2-6-11-16/h1-6,8-11,17-18H,7,12-14H2/t17-,18+/m1/s1. The third-order valence-corrected chi connectivity index (χ3v) is 4.60. The molecule has 0 bridgehead atoms. The second-order valence-corrected chi connectivity index (χ2v) is 6.02. The summed E-state index contributed by atoms with van der Waals surface area (Å²) >= 11 is 0. The monoisotopic (exact) mass is 292 g/mol. The van der Waals surface area contributed by atoms with Crippen molar-refractivity contribution in [1.29, 1.82) is 0 Å². The van der Waals surface area contributed by atoms with Crippen LogP contribution in [0.4, 0.5) is 0 Å². The number of carbonyl (C=O) groups excluding carboxylic acids is 2. The molecule has 0 heterocycles. The van der Waals surface area contributed by atoms with Gasteiger partial charge in [0.1, 0.15) is 0 Å². The van der Waals surface area contributed by atoms with Gasteiger partial charge in [0.25, 0.3) is 0 Å². The van der Waals surface area contributed by atoms with E-state index in [4.69, 9.17) is 0 Å². The lowest BCUT2D eigenvalue weighted by Gasteiger charge is -2.18. The third-order valence-electron chi connectivity index (χ3n) is 4.60. The SMILES string of the molecule is O=C(C[C@H]1CCC[C@@H]1C(=O)c1ccccc1)c1ccccc1. The highest BCUT2D eigenvalue weighted by molar-refractivity contribution is 6.00. The fraction of sp³-hybridized carbons (Fsp3) is 0.300. The van der Waals surface area contributed by atoms with Crippen LogP contribution in [0.5, 0.6) is 0 Å². The summed E-state index contributed by atoms with van der Waals surface area (Å²) in [6.07, 6.45) is 3.39. The molecule has 2 atom stereocenters. The Morgan fingerprint density at radius 2 is 1.41 bits per heavy atom. The maximum atomic E-state index is 12.7. The zero-order chi connectivity index (χ0) is 15.4. The van der Waals surface area contributed by atoms with Crippen LogP contribution < -0.4 is 0 Å². The van der Waals surface area contributed by atoms with E-state index >= 15 is 0 Å². The van der Waals surface area contributed by atoms with Gasteiger partial charge >= 0.3 is 0 Å². The quantitative estimate of drug-likeness (QED) is 0.757. The number of rotatable bonds is 5. The highest BCUT2D eigenvalue weighted by Gasteiger charge is 2.34. The molecule has 2 heteroatoms. The summed E-state index contributed by atoms with van der Waals surface area (Å²) in [5.74, 6) is 0.526. The molecular weight excluding hydrogens is 272 g/mol. The summed E-state index contributed by atoms with van der Waals surface area (Å²) in [5, 5.41) is 0. The van der Waals surface area contributed by atoms with Crippen molar-refractivity contribution < 1.29 is 9.59 Å². The van der Waals surface area contributed by atoms with E-state index in [0.29, 0.717) is 6.42 Å². The van der Waals surface area contributed by atoms with E-state index in [1.54, 1.807) is 0 Å². The van der Waals surface area contributed by atoms with Gasteiger partial charge in [0.15, 0.2) is 11.6 Å². The number of benzene rings is 2. The molecule has 0 amide bonds. The average Bonchev–Trinajstić information content (AvgIpc) is 3.04. The Morgan fingerprint density at radius 3 is 2.05 bits per heavy atom. The number of hydrogen-bond donors (Lipinski definition) is 0. The van der Waals surface area contributed by atoms with Crippen LogP contribution in [0.2, 0.25) is 0 Å². The Kier molecular flexibility index (Phi) is 4.47. The zero-order valence-corrected chi connectivity index (χ0v) is 12.6. The Balaban J connectivity index is 1.71. The lowest BCUT2D eigenvalue weighted by Crippen LogP contribution is -2.21. The van der Waals surface area contributed by atoms with Crippen LogP contribution in [0.3, 0.4) is 0 Å². The molecule has 0 spiro atoms. The molecular formula is C20H20O2. The van der Waals surface area contributed by atoms with Crippen molar-refractivity contribution in [3.63, 3.8) is 0 Å². The van der Waals surface area contributed by atoms with Crippen molar-refractivity contribution in [1.82, 2.24) is 0 Å². The Bertz CT molecular complexity index is 646. The van der Waals surface area contributed by atoms with Crippen molar-refractivity contribution in [2.45, 2.75) is 25.7 Å². The van der Waals surface area contributed by atoms with Crippen LogP contribution in [0, 0.1) is 11.8 Å². The number of Topliss-reactive ketones (excluding diaryl/α,β-unsaturated/α-hetero) is 2. The van der Waals surface area contributed by atoms with Gasteiger partial charge in [0.05, 0.1) is 0 Å². The predicted molar refractivity (Wildman–Crippen MR) is 87.0 cm³/mol. The summed E-state index contributed by atoms with van der Waals surface area (Å²) in [4.78, 5) is 25.1. The molecule has 0 unspecified atom stereocenters. The van der Waals surface area contributed by atoms with E-state index in [0.717, 1.165) is 30.4 Å². The van der Waals surface area contributed by atoms with E-state index in [-0.39, 0.29) is 23.4 Å². The van der Waals surface area contributed by atoms with Crippen molar-refractivity contribution in [2.24, 2.45) is 11.8 Å². The molecule has 3 rings (SSSR count). The zero-order valence-electron chi connectivity index (χ0n) is 12.6. The molecule has 1 fully saturated rings. The summed E-state index contributed by atoms with van der Waals surface area (Å²) < 4.78 is 0. The number of hydrogen-bond acceptors (Lipinski definition) is 2. The highest BCUT2D eigenvalue weighted by atomic mass is 16.1. The molecule has 0 aromatic heterocycles. The minimum Gasteiger partial charge on any atom is -0.294 e. The first-order chi connectivity index (χ1) is 10.8. The molecule has 0 radical (unpaired) electrons. The molecule has 1 aliphatic carbocycles. The molecule has 2 nitrogen and oxygen atoms in total. The largest absolute Gasteiger partial charge is 0.294 e. The lowest BCUT2D eigenvalue weighted by atomic mass is 9.84. The molecule has 0 saturated heterocycles. The smallest absolute Gasteiger partial charge is 0.166 e. The summed E-state index contributed by atoms with van der Waals surface area (Å²) in [6, 6.07) is 18.8. The maximum absolute atomic E-state index is 12.7. The van der Waals surface area contributed by atoms with Crippen LogP contribution in [0.25, 0.3) is 0 Å². The van der Waals surface area contributed by atoms with Crippen molar-refractivity contribution in [3.05, 3.63) is 71.8 Å². The Morgan fingerprint density at radius 1 is 0.818 bits per heavy atom. The van der Waals surface area contributed by atoms with Gasteiger partial charge in [-0.3, -0.25) is 9.59 Å². The summed E-state index contributed by atoms with van der Waals surface area (Å²) in [6.45, 7) is 0. The maximum Gasteiger partial charge on any atom is 0.166 e. The molecule has 22 heavy (non-hydrogen) atoms. The van der Waals surface area contributed by atoms with Crippen LogP contribution in [-0.4, -0.2) is 11.6 Å². The van der Waals surface area contributed by atoms with Crippen molar-refractivity contribution >= 4 is 11.6 Å². The van der Waals surface area contributed by atoms with Crippen molar-refractivity contribution in [2.75, 3.05) is 0 Å². The molecule has 112 valence electrons. The predicted octanol–water partition coefficient (Wildman–Crippen LogP) is 4.56. The van der Waals surface area contributed by atoms with E-state index < -0.39 is 0 Å². The molecule has 2 aromatic rings. The van der Waals surface area contributed by atoms with E-state index in [1.165, 1.54) is 0 Å². The topological polar surface area (TPSA) is 34.1 Å². The van der Waals surface area contributed by atoms with Gasteiger partial charge in [-0.25, -0.2) is 0 Å². The van der Waals surface area contributed by atoms with Gasteiger partial charge in [-0.2, -0.15) is 0 Å². The molecule has 0 N–H and O–H groups in total. The molecule has 0 aliphatic heterocycles. The van der Waals surface area contributed by atoms with Gasteiger partial charge in [-0.05, 0) is 18.8 Å². The van der Waals surface area contributed by atoms with Crippen LogP contribution in [-0.2, 0) is 0 Å². The summed E-state index contributed by atoms with van der Waals surface area (Å²) in [7, 11) is 0. The normalized spacial score (nSPS) is 20.7.